The van der Waals surface area contributed by atoms with Crippen LogP contribution in [0.2, 0.25) is 5.54 Å². The first-order chi connectivity index (χ1) is 9.70. The van der Waals surface area contributed by atoms with E-state index in [1.807, 2.05) is 20.8 Å². The molecule has 0 aromatic rings. The largest absolute Gasteiger partial charge is 0.504 e. The molecule has 0 aliphatic heterocycles. The monoisotopic (exact) mass is 306 g/mol. The molecule has 3 N–H and O–H groups in total. The maximum absolute atomic E-state index is 6.02. The molecule has 0 aliphatic carbocycles. The van der Waals surface area contributed by atoms with Gasteiger partial charge < -0.3 is 24.3 Å². The first kappa shape index (κ1) is 20.0. The van der Waals surface area contributed by atoms with Crippen LogP contribution in [-0.2, 0) is 13.3 Å². The van der Waals surface area contributed by atoms with Crippen LogP contribution >= 0.6 is 0 Å². The molecule has 6 heteroatoms. The summed E-state index contributed by atoms with van der Waals surface area (Å²) in [6.07, 6.45) is 3.21. The van der Waals surface area contributed by atoms with Crippen LogP contribution in [0.4, 0.5) is 0 Å². The number of nitrogens with one attached hydrogen (secondary N) is 1. The molecule has 122 valence electrons. The van der Waals surface area contributed by atoms with Gasteiger partial charge in [0.1, 0.15) is 0 Å². The predicted molar refractivity (Wildman–Crippen MR) is 85.8 cm³/mol. The average molecular weight is 307 g/mol. The molecule has 0 aromatic carbocycles. The summed E-state index contributed by atoms with van der Waals surface area (Å²) >= 11 is 0. The summed E-state index contributed by atoms with van der Waals surface area (Å²) in [4.78, 5) is 0. The van der Waals surface area contributed by atoms with E-state index in [9.17, 15) is 0 Å². The van der Waals surface area contributed by atoms with Crippen molar-refractivity contribution in [1.29, 1.82) is 0 Å². The highest BCUT2D eigenvalue weighted by Crippen LogP contribution is 2.33. The molecule has 0 bridgehead atoms. The Labute approximate surface area is 125 Å². The topological polar surface area (TPSA) is 65.7 Å². The summed E-state index contributed by atoms with van der Waals surface area (Å²) in [7, 11) is -2.58. The Morgan fingerprint density at radius 2 is 1.45 bits per heavy atom. The minimum atomic E-state index is -2.58. The van der Waals surface area contributed by atoms with Gasteiger partial charge in [-0.3, -0.25) is 0 Å². The predicted octanol–water partition coefficient (Wildman–Crippen LogP) is 2.14. The quantitative estimate of drug-likeness (QED) is 0.380. The molecule has 0 rings (SSSR count). The number of nitrogens with two attached hydrogens (primary N) is 1. The van der Waals surface area contributed by atoms with E-state index in [1.54, 1.807) is 0 Å². The maximum atomic E-state index is 6.02. The van der Waals surface area contributed by atoms with Crippen molar-refractivity contribution >= 4 is 8.80 Å². The first-order valence-corrected chi connectivity index (χ1v) is 9.83. The Bertz CT molecular complexity index is 204. The Balaban J connectivity index is 4.77. The van der Waals surface area contributed by atoms with Crippen LogP contribution in [0.25, 0.3) is 0 Å². The van der Waals surface area contributed by atoms with Crippen LogP contribution in [0.1, 0.15) is 47.0 Å². The molecular weight excluding hydrogens is 272 g/mol. The summed E-state index contributed by atoms with van der Waals surface area (Å²) in [6.45, 7) is 12.6. The van der Waals surface area contributed by atoms with Crippen molar-refractivity contribution < 1.29 is 13.3 Å². The van der Waals surface area contributed by atoms with Gasteiger partial charge in [0.05, 0.1) is 0 Å². The smallest absolute Gasteiger partial charge is 0.374 e. The molecular formula is C14H34N2O3Si. The molecule has 0 aliphatic rings. The summed E-state index contributed by atoms with van der Waals surface area (Å²) < 4.78 is 18.1. The third kappa shape index (κ3) is 7.15. The van der Waals surface area contributed by atoms with E-state index in [-0.39, 0.29) is 0 Å². The van der Waals surface area contributed by atoms with E-state index in [1.165, 1.54) is 0 Å². The fourth-order valence-corrected chi connectivity index (χ4v) is 5.74. The number of rotatable bonds is 14. The minimum absolute atomic E-state index is 0.359. The molecule has 0 radical (unpaired) electrons. The van der Waals surface area contributed by atoms with Gasteiger partial charge >= 0.3 is 8.80 Å². The first-order valence-electron chi connectivity index (χ1n) is 8.03. The van der Waals surface area contributed by atoms with E-state index in [0.29, 0.717) is 31.9 Å². The van der Waals surface area contributed by atoms with E-state index in [2.05, 4.69) is 12.2 Å². The van der Waals surface area contributed by atoms with Crippen molar-refractivity contribution in [3.05, 3.63) is 0 Å². The molecule has 0 fully saturated rings. The van der Waals surface area contributed by atoms with Crippen LogP contribution in [0.3, 0.4) is 0 Å². The Kier molecular flexibility index (Phi) is 12.7. The molecule has 0 saturated heterocycles. The van der Waals surface area contributed by atoms with Gasteiger partial charge in [-0.25, -0.2) is 0 Å². The van der Waals surface area contributed by atoms with Crippen LogP contribution in [-0.4, -0.2) is 48.3 Å². The minimum Gasteiger partial charge on any atom is -0.374 e. The van der Waals surface area contributed by atoms with E-state index < -0.39 is 8.80 Å². The van der Waals surface area contributed by atoms with Gasteiger partial charge in [0, 0.05) is 38.5 Å². The van der Waals surface area contributed by atoms with Crippen molar-refractivity contribution in [3.63, 3.8) is 0 Å². The normalized spacial score (nSPS) is 13.7. The molecule has 0 saturated carbocycles. The van der Waals surface area contributed by atoms with Gasteiger partial charge in [-0.15, -0.1) is 0 Å². The summed E-state index contributed by atoms with van der Waals surface area (Å²) in [5.41, 5.74) is 5.86. The standard InChI is InChI=1S/C14H34N2O3Si/c1-5-9-14(10-12-16-13-11-15)20(17-6-2,18-7-3)19-8-4/h14,16H,5-13,15H2,1-4H3. The van der Waals surface area contributed by atoms with Crippen LogP contribution in [0.5, 0.6) is 0 Å². The van der Waals surface area contributed by atoms with Gasteiger partial charge in [-0.2, -0.15) is 0 Å². The third-order valence-corrected chi connectivity index (χ3v) is 6.81. The maximum Gasteiger partial charge on any atom is 0.504 e. The van der Waals surface area contributed by atoms with Crippen molar-refractivity contribution in [2.75, 3.05) is 39.5 Å². The highest BCUT2D eigenvalue weighted by molar-refractivity contribution is 6.62. The van der Waals surface area contributed by atoms with Crippen molar-refractivity contribution in [1.82, 2.24) is 5.32 Å². The lowest BCUT2D eigenvalue weighted by Crippen LogP contribution is -2.51. The zero-order valence-electron chi connectivity index (χ0n) is 13.7. The highest BCUT2D eigenvalue weighted by atomic mass is 28.4. The molecule has 5 nitrogen and oxygen atoms in total. The fraction of sp³-hybridized carbons (Fsp3) is 1.00. The summed E-state index contributed by atoms with van der Waals surface area (Å²) in [6, 6.07) is 0. The van der Waals surface area contributed by atoms with Crippen LogP contribution in [0, 0.1) is 0 Å². The second-order valence-electron chi connectivity index (χ2n) is 4.72. The third-order valence-electron chi connectivity index (χ3n) is 3.16. The molecule has 20 heavy (non-hydrogen) atoms. The number of hydrogen-bond acceptors (Lipinski definition) is 5. The van der Waals surface area contributed by atoms with Gasteiger partial charge in [-0.05, 0) is 40.2 Å². The molecule has 0 aromatic heterocycles. The van der Waals surface area contributed by atoms with Crippen molar-refractivity contribution in [2.24, 2.45) is 5.73 Å². The Hall–Kier alpha value is 0.0169. The van der Waals surface area contributed by atoms with Crippen LogP contribution in [0.15, 0.2) is 0 Å². The van der Waals surface area contributed by atoms with Gasteiger partial charge in [0.15, 0.2) is 0 Å². The molecule has 1 atom stereocenters. The molecule has 0 amide bonds. The van der Waals surface area contributed by atoms with Gasteiger partial charge in [0.2, 0.25) is 0 Å². The molecule has 0 heterocycles. The number of hydrogen-bond donors (Lipinski definition) is 2. The molecule has 0 spiro atoms. The van der Waals surface area contributed by atoms with Crippen molar-refractivity contribution in [2.45, 2.75) is 52.5 Å². The van der Waals surface area contributed by atoms with Gasteiger partial charge in [-0.1, -0.05) is 13.3 Å². The second-order valence-corrected chi connectivity index (χ2v) is 7.61. The summed E-state index contributed by atoms with van der Waals surface area (Å²) in [5.74, 6) is 0. The second kappa shape index (κ2) is 12.7. The van der Waals surface area contributed by atoms with Gasteiger partial charge in [0.25, 0.3) is 0 Å². The summed E-state index contributed by atoms with van der Waals surface area (Å²) in [5, 5.41) is 3.35. The SMILES string of the molecule is CCCC(CCNCCN)[Si](OCC)(OCC)OCC. The van der Waals surface area contributed by atoms with E-state index in [0.717, 1.165) is 32.4 Å². The highest BCUT2D eigenvalue weighted by Gasteiger charge is 2.48. The zero-order chi connectivity index (χ0) is 15.3. The lowest BCUT2D eigenvalue weighted by Gasteiger charge is -2.35. The van der Waals surface area contributed by atoms with Crippen LogP contribution < -0.4 is 11.1 Å². The van der Waals surface area contributed by atoms with E-state index >= 15 is 0 Å². The Morgan fingerprint density at radius 1 is 0.900 bits per heavy atom. The lowest BCUT2D eigenvalue weighted by atomic mass is 10.2. The van der Waals surface area contributed by atoms with Crippen molar-refractivity contribution in [3.8, 4) is 0 Å². The lowest BCUT2D eigenvalue weighted by molar-refractivity contribution is 0.0585. The Morgan fingerprint density at radius 3 is 1.85 bits per heavy atom. The zero-order valence-corrected chi connectivity index (χ0v) is 14.7. The molecule has 1 unspecified atom stereocenters. The average Bonchev–Trinajstić information content (AvgIpc) is 2.43. The fourth-order valence-electron chi connectivity index (χ4n) is 2.43. The van der Waals surface area contributed by atoms with E-state index in [4.69, 9.17) is 19.0 Å².